The molecule has 0 aliphatic carbocycles. The lowest BCUT2D eigenvalue weighted by Crippen LogP contribution is -2.09. The first-order valence-electron chi connectivity index (χ1n) is 6.38. The molecule has 4 nitrogen and oxygen atoms in total. The lowest BCUT2D eigenvalue weighted by molar-refractivity contribution is 0.401. The number of nitrogen functional groups attached to an aromatic ring is 1. The summed E-state index contributed by atoms with van der Waals surface area (Å²) in [5.41, 5.74) is 7.89. The van der Waals surface area contributed by atoms with Gasteiger partial charge < -0.3 is 20.3 Å². The molecule has 1 aromatic carbocycles. The van der Waals surface area contributed by atoms with E-state index >= 15 is 0 Å². The molecule has 18 heavy (non-hydrogen) atoms. The van der Waals surface area contributed by atoms with E-state index in [1.807, 2.05) is 18.2 Å². The summed E-state index contributed by atoms with van der Waals surface area (Å²) in [4.78, 5) is 0. The second kappa shape index (κ2) is 5.93. The zero-order valence-corrected chi connectivity index (χ0v) is 10.4. The topological polar surface area (TPSA) is 71.4 Å². The molecule has 0 bridgehead atoms. The van der Waals surface area contributed by atoms with Gasteiger partial charge in [0, 0.05) is 23.8 Å². The maximum atomic E-state index is 8.74. The van der Waals surface area contributed by atoms with Crippen LogP contribution in [0, 0.1) is 0 Å². The number of nitrogens with zero attached hydrogens (tertiary/aromatic N) is 1. The van der Waals surface area contributed by atoms with E-state index in [2.05, 4.69) is 16.8 Å². The van der Waals surface area contributed by atoms with Gasteiger partial charge in [-0.25, -0.2) is 0 Å². The third kappa shape index (κ3) is 3.06. The van der Waals surface area contributed by atoms with Crippen LogP contribution in [0.15, 0.2) is 30.5 Å². The molecule has 0 radical (unpaired) electrons. The van der Waals surface area contributed by atoms with Crippen LogP contribution in [0.25, 0.3) is 10.9 Å². The normalized spacial score (nSPS) is 11.0. The SMILES string of the molecule is Nc1cccc2c1ccn2CCCCCB(O)O. The summed E-state index contributed by atoms with van der Waals surface area (Å²) < 4.78 is 2.20. The Morgan fingerprint density at radius 3 is 2.72 bits per heavy atom. The summed E-state index contributed by atoms with van der Waals surface area (Å²) in [5, 5.41) is 18.6. The Hall–Kier alpha value is -1.46. The molecule has 0 atom stereocenters. The third-order valence-corrected chi connectivity index (χ3v) is 3.21. The lowest BCUT2D eigenvalue weighted by atomic mass is 9.83. The number of rotatable bonds is 6. The molecule has 0 aliphatic heterocycles. The summed E-state index contributed by atoms with van der Waals surface area (Å²) in [6.07, 6.45) is 5.39. The fraction of sp³-hybridized carbons (Fsp3) is 0.385. The van der Waals surface area contributed by atoms with Crippen molar-refractivity contribution >= 4 is 23.7 Å². The number of nitrogens with two attached hydrogens (primary N) is 1. The Bertz CT molecular complexity index is 511. The van der Waals surface area contributed by atoms with E-state index in [1.54, 1.807) is 0 Å². The molecule has 1 heterocycles. The van der Waals surface area contributed by atoms with Crippen molar-refractivity contribution in [3.63, 3.8) is 0 Å². The Morgan fingerprint density at radius 1 is 1.11 bits per heavy atom. The zero-order valence-electron chi connectivity index (χ0n) is 10.4. The Morgan fingerprint density at radius 2 is 1.94 bits per heavy atom. The molecule has 2 rings (SSSR count). The molecule has 0 saturated carbocycles. The van der Waals surface area contributed by atoms with Crippen LogP contribution < -0.4 is 5.73 Å². The fourth-order valence-electron chi connectivity index (χ4n) is 2.23. The van der Waals surface area contributed by atoms with Gasteiger partial charge in [0.15, 0.2) is 0 Å². The number of hydrogen-bond donors (Lipinski definition) is 3. The van der Waals surface area contributed by atoms with Gasteiger partial charge in [-0.2, -0.15) is 0 Å². The zero-order chi connectivity index (χ0) is 13.0. The van der Waals surface area contributed by atoms with Crippen molar-refractivity contribution in [3.8, 4) is 0 Å². The van der Waals surface area contributed by atoms with Crippen LogP contribution in [0.4, 0.5) is 5.69 Å². The van der Waals surface area contributed by atoms with Gasteiger partial charge >= 0.3 is 7.12 Å². The minimum absolute atomic E-state index is 0.458. The molecular formula is C13H19BN2O2. The first kappa shape index (κ1) is 13.0. The highest BCUT2D eigenvalue weighted by atomic mass is 16.4. The maximum Gasteiger partial charge on any atom is 0.451 e. The summed E-state index contributed by atoms with van der Waals surface area (Å²) in [6, 6.07) is 8.00. The van der Waals surface area contributed by atoms with Crippen molar-refractivity contribution in [2.45, 2.75) is 32.1 Å². The number of hydrogen-bond acceptors (Lipinski definition) is 3. The summed E-state index contributed by atoms with van der Waals surface area (Å²) in [7, 11) is -1.17. The van der Waals surface area contributed by atoms with Gasteiger partial charge in [-0.05, 0) is 30.9 Å². The number of aromatic nitrogens is 1. The van der Waals surface area contributed by atoms with Crippen molar-refractivity contribution in [2.24, 2.45) is 0 Å². The monoisotopic (exact) mass is 246 g/mol. The quantitative estimate of drug-likeness (QED) is 0.414. The lowest BCUT2D eigenvalue weighted by Gasteiger charge is -2.06. The average molecular weight is 246 g/mol. The molecule has 2 aromatic rings. The molecule has 0 spiro atoms. The molecule has 1 aromatic heterocycles. The number of aryl methyl sites for hydroxylation is 1. The van der Waals surface area contributed by atoms with Crippen molar-refractivity contribution in [1.82, 2.24) is 4.57 Å². The van der Waals surface area contributed by atoms with Crippen molar-refractivity contribution < 1.29 is 10.0 Å². The molecule has 0 saturated heterocycles. The highest BCUT2D eigenvalue weighted by Crippen LogP contribution is 2.22. The number of benzene rings is 1. The minimum Gasteiger partial charge on any atom is -0.427 e. The first-order chi connectivity index (χ1) is 8.68. The summed E-state index contributed by atoms with van der Waals surface area (Å²) in [5.74, 6) is 0. The maximum absolute atomic E-state index is 8.74. The second-order valence-electron chi connectivity index (χ2n) is 4.62. The van der Waals surface area contributed by atoms with Crippen LogP contribution in [0.1, 0.15) is 19.3 Å². The average Bonchev–Trinajstić information content (AvgIpc) is 2.73. The molecule has 0 aliphatic rings. The van der Waals surface area contributed by atoms with Gasteiger partial charge in [-0.1, -0.05) is 18.9 Å². The van der Waals surface area contributed by atoms with E-state index in [0.29, 0.717) is 6.32 Å². The van der Waals surface area contributed by atoms with Crippen LogP contribution in [0.2, 0.25) is 6.32 Å². The van der Waals surface area contributed by atoms with Crippen molar-refractivity contribution in [3.05, 3.63) is 30.5 Å². The first-order valence-corrected chi connectivity index (χ1v) is 6.38. The molecule has 96 valence electrons. The van der Waals surface area contributed by atoms with E-state index in [4.69, 9.17) is 15.8 Å². The van der Waals surface area contributed by atoms with Crippen LogP contribution >= 0.6 is 0 Å². The molecule has 5 heteroatoms. The third-order valence-electron chi connectivity index (χ3n) is 3.21. The highest BCUT2D eigenvalue weighted by molar-refractivity contribution is 6.40. The second-order valence-corrected chi connectivity index (χ2v) is 4.62. The van der Waals surface area contributed by atoms with E-state index in [0.717, 1.165) is 42.4 Å². The van der Waals surface area contributed by atoms with Gasteiger partial charge in [-0.15, -0.1) is 0 Å². The predicted molar refractivity (Wildman–Crippen MR) is 75.2 cm³/mol. The van der Waals surface area contributed by atoms with E-state index in [-0.39, 0.29) is 0 Å². The fourth-order valence-corrected chi connectivity index (χ4v) is 2.23. The van der Waals surface area contributed by atoms with Gasteiger partial charge in [-0.3, -0.25) is 0 Å². The van der Waals surface area contributed by atoms with Gasteiger partial charge in [0.25, 0.3) is 0 Å². The minimum atomic E-state index is -1.17. The number of unbranched alkanes of at least 4 members (excludes halogenated alkanes) is 2. The largest absolute Gasteiger partial charge is 0.451 e. The Labute approximate surface area is 107 Å². The molecule has 0 unspecified atom stereocenters. The van der Waals surface area contributed by atoms with Crippen LogP contribution in [-0.2, 0) is 6.54 Å². The molecular weight excluding hydrogens is 227 g/mol. The van der Waals surface area contributed by atoms with Gasteiger partial charge in [0.1, 0.15) is 0 Å². The van der Waals surface area contributed by atoms with Gasteiger partial charge in [0.2, 0.25) is 0 Å². The molecule has 0 fully saturated rings. The van der Waals surface area contributed by atoms with E-state index in [9.17, 15) is 0 Å². The van der Waals surface area contributed by atoms with E-state index < -0.39 is 7.12 Å². The summed E-state index contributed by atoms with van der Waals surface area (Å²) >= 11 is 0. The Balaban J connectivity index is 1.90. The molecule has 0 amide bonds. The van der Waals surface area contributed by atoms with Crippen molar-refractivity contribution in [2.75, 3.05) is 5.73 Å². The van der Waals surface area contributed by atoms with Crippen LogP contribution in [0.3, 0.4) is 0 Å². The van der Waals surface area contributed by atoms with Crippen LogP contribution in [0.5, 0.6) is 0 Å². The number of anilines is 1. The smallest absolute Gasteiger partial charge is 0.427 e. The summed E-state index contributed by atoms with van der Waals surface area (Å²) in [6.45, 7) is 0.939. The standard InChI is InChI=1S/C13H19BN2O2/c15-12-5-4-6-13-11(12)7-10-16(13)9-3-1-2-8-14(17)18/h4-7,10,17-18H,1-3,8-9,15H2. The number of fused-ring (bicyclic) bond motifs is 1. The molecule has 4 N–H and O–H groups in total. The van der Waals surface area contributed by atoms with Crippen molar-refractivity contribution in [1.29, 1.82) is 0 Å². The van der Waals surface area contributed by atoms with E-state index in [1.165, 1.54) is 0 Å². The van der Waals surface area contributed by atoms with Gasteiger partial charge in [0.05, 0.1) is 5.52 Å². The predicted octanol–water partition coefficient (Wildman–Crippen LogP) is 1.87. The Kier molecular flexibility index (Phi) is 4.28. The highest BCUT2D eigenvalue weighted by Gasteiger charge is 2.06. The van der Waals surface area contributed by atoms with Crippen LogP contribution in [-0.4, -0.2) is 21.7 Å².